The topological polar surface area (TPSA) is 99.6 Å². The molecule has 1 unspecified atom stereocenters. The van der Waals surface area contributed by atoms with E-state index >= 15 is 0 Å². The number of allylic oxidation sites excluding steroid dienone is 3. The molecule has 1 atom stereocenters. The first-order valence-electron chi connectivity index (χ1n) is 11.6. The zero-order chi connectivity index (χ0) is 27.7. The third kappa shape index (κ3) is 5.96. The van der Waals surface area contributed by atoms with Gasteiger partial charge in [-0.2, -0.15) is 29.2 Å². The lowest BCUT2D eigenvalue weighted by molar-refractivity contribution is -0.134. The fourth-order valence-electron chi connectivity index (χ4n) is 4.40. The van der Waals surface area contributed by atoms with Crippen molar-refractivity contribution in [2.45, 2.75) is 52.8 Å². The number of hydroxylamine groups is 1. The number of carbonyl (C=O) groups excluding carboxylic acids is 1. The smallest absolute Gasteiger partial charge is 0.289 e. The number of carbonyl (C=O) groups is 1. The van der Waals surface area contributed by atoms with E-state index in [1.807, 2.05) is 0 Å². The number of nitrogens with zero attached hydrogens (tertiary/aromatic N) is 2. The number of amides is 1. The Morgan fingerprint density at radius 3 is 2.63 bits per heavy atom. The Balaban J connectivity index is 1.52. The van der Waals surface area contributed by atoms with Crippen molar-refractivity contribution in [1.82, 2.24) is 14.8 Å². The van der Waals surface area contributed by atoms with Gasteiger partial charge < -0.3 is 0 Å². The molecule has 1 amide bonds. The van der Waals surface area contributed by atoms with Crippen molar-refractivity contribution < 1.29 is 31.6 Å². The molecule has 0 spiro atoms. The van der Waals surface area contributed by atoms with Crippen molar-refractivity contribution in [3.8, 4) is 0 Å². The molecule has 4 rings (SSSR count). The van der Waals surface area contributed by atoms with Gasteiger partial charge in [-0.3, -0.25) is 15.0 Å². The summed E-state index contributed by atoms with van der Waals surface area (Å²) in [5.41, 5.74) is 2.63. The standard InChI is InChI=1S/C25H26F3N3O4S3/c1-24(2)22(23(32)30-33)31(12-13-37-24)38(34,35)18-8-6-16(7-9-18)15-36-21-10-11-29-20-14-17(25(26,27)28)4-3-5-19(20)21/h3-4,6-11,14,22,33H,5,12-13,15H2,1-2H3,(H,30,32). The summed E-state index contributed by atoms with van der Waals surface area (Å²) in [6, 6.07) is 6.96. The van der Waals surface area contributed by atoms with Crippen LogP contribution in [0.1, 0.15) is 30.7 Å². The molecule has 0 radical (unpaired) electrons. The molecule has 2 heterocycles. The maximum atomic E-state index is 13.4. The normalized spacial score (nSPS) is 19.8. The highest BCUT2D eigenvalue weighted by Gasteiger charge is 2.48. The van der Waals surface area contributed by atoms with Gasteiger partial charge in [0.15, 0.2) is 0 Å². The summed E-state index contributed by atoms with van der Waals surface area (Å²) in [5, 5.41) is 9.21. The first kappa shape index (κ1) is 28.7. The van der Waals surface area contributed by atoms with Gasteiger partial charge >= 0.3 is 6.18 Å². The number of rotatable bonds is 6. The first-order valence-corrected chi connectivity index (χ1v) is 15.0. The fraction of sp³-hybridized carbons (Fsp3) is 0.360. The van der Waals surface area contributed by atoms with Gasteiger partial charge in [0.25, 0.3) is 5.91 Å². The van der Waals surface area contributed by atoms with E-state index in [1.165, 1.54) is 47.9 Å². The third-order valence-corrected chi connectivity index (χ3v) is 10.7. The van der Waals surface area contributed by atoms with Gasteiger partial charge in [-0.05, 0) is 55.7 Å². The molecule has 1 aromatic heterocycles. The van der Waals surface area contributed by atoms with E-state index in [4.69, 9.17) is 0 Å². The van der Waals surface area contributed by atoms with Crippen LogP contribution in [0.2, 0.25) is 0 Å². The molecule has 1 aliphatic carbocycles. The molecule has 7 nitrogen and oxygen atoms in total. The number of hydrogen-bond acceptors (Lipinski definition) is 7. The highest BCUT2D eigenvalue weighted by Crippen LogP contribution is 2.39. The number of pyridine rings is 1. The van der Waals surface area contributed by atoms with Crippen molar-refractivity contribution in [3.05, 3.63) is 71.1 Å². The van der Waals surface area contributed by atoms with Crippen LogP contribution in [-0.4, -0.2) is 58.1 Å². The van der Waals surface area contributed by atoms with Gasteiger partial charge in [-0.1, -0.05) is 24.3 Å². The maximum Gasteiger partial charge on any atom is 0.416 e. The Kier molecular flexibility index (Phi) is 8.34. The van der Waals surface area contributed by atoms with Crippen molar-refractivity contribution in [1.29, 1.82) is 0 Å². The third-order valence-electron chi connectivity index (χ3n) is 6.30. The quantitative estimate of drug-likeness (QED) is 0.285. The van der Waals surface area contributed by atoms with E-state index in [9.17, 15) is 31.6 Å². The SMILES string of the molecule is CC1(C)SCCN(S(=O)(=O)c2ccc(CSc3ccnc4c3CC=CC(C(F)(F)F)=C4)cc2)C1C(=O)NO. The Morgan fingerprint density at radius 1 is 1.26 bits per heavy atom. The molecule has 38 heavy (non-hydrogen) atoms. The minimum atomic E-state index is -4.46. The fourth-order valence-corrected chi connectivity index (χ4v) is 8.55. The zero-order valence-electron chi connectivity index (χ0n) is 20.5. The lowest BCUT2D eigenvalue weighted by atomic mass is 10.0. The number of hydrogen-bond donors (Lipinski definition) is 2. The summed E-state index contributed by atoms with van der Waals surface area (Å²) < 4.78 is 66.9. The first-order chi connectivity index (χ1) is 17.8. The number of benzene rings is 1. The van der Waals surface area contributed by atoms with E-state index in [1.54, 1.807) is 37.5 Å². The number of fused-ring (bicyclic) bond motifs is 1. The van der Waals surface area contributed by atoms with Crippen LogP contribution in [0.15, 0.2) is 64.0 Å². The molecule has 13 heteroatoms. The van der Waals surface area contributed by atoms with Crippen molar-refractivity contribution in [2.75, 3.05) is 12.3 Å². The van der Waals surface area contributed by atoms with Crippen molar-refractivity contribution in [3.63, 3.8) is 0 Å². The van der Waals surface area contributed by atoms with Crippen molar-refractivity contribution >= 4 is 45.5 Å². The number of sulfonamides is 1. The number of thioether (sulfide) groups is 2. The number of aromatic nitrogens is 1. The number of halogens is 3. The molecular weight excluding hydrogens is 559 g/mol. The second-order valence-electron chi connectivity index (χ2n) is 9.26. The predicted octanol–water partition coefficient (Wildman–Crippen LogP) is 4.82. The van der Waals surface area contributed by atoms with E-state index in [0.717, 1.165) is 26.9 Å². The Morgan fingerprint density at radius 2 is 1.97 bits per heavy atom. The summed E-state index contributed by atoms with van der Waals surface area (Å²) in [6.45, 7) is 3.64. The molecule has 0 saturated carbocycles. The highest BCUT2D eigenvalue weighted by molar-refractivity contribution is 8.01. The van der Waals surface area contributed by atoms with E-state index < -0.39 is 38.5 Å². The molecule has 0 bridgehead atoms. The molecule has 1 aromatic carbocycles. The molecule has 2 N–H and O–H groups in total. The number of nitrogens with one attached hydrogen (secondary N) is 1. The second-order valence-corrected chi connectivity index (χ2v) is 13.9. The average Bonchev–Trinajstić information content (AvgIpc) is 3.10. The minimum absolute atomic E-state index is 0.0254. The second kappa shape index (κ2) is 11.0. The molecule has 1 aliphatic heterocycles. The van der Waals surface area contributed by atoms with Crippen LogP contribution in [0.4, 0.5) is 13.2 Å². The largest absolute Gasteiger partial charge is 0.416 e. The molecule has 2 aromatic rings. The predicted molar refractivity (Wildman–Crippen MR) is 141 cm³/mol. The molecule has 204 valence electrons. The van der Waals surface area contributed by atoms with Gasteiger partial charge in [-0.15, -0.1) is 11.8 Å². The molecule has 1 saturated heterocycles. The van der Waals surface area contributed by atoms with Gasteiger partial charge in [0.05, 0.1) is 16.2 Å². The molecule has 1 fully saturated rings. The summed E-state index contributed by atoms with van der Waals surface area (Å²) in [4.78, 5) is 17.3. The van der Waals surface area contributed by atoms with Crippen LogP contribution in [-0.2, 0) is 27.0 Å². The van der Waals surface area contributed by atoms with E-state index in [0.29, 0.717) is 23.5 Å². The average molecular weight is 586 g/mol. The summed E-state index contributed by atoms with van der Waals surface area (Å²) in [7, 11) is -4.03. The van der Waals surface area contributed by atoms with Crippen LogP contribution < -0.4 is 5.48 Å². The lowest BCUT2D eigenvalue weighted by Crippen LogP contribution is -2.61. The molecular formula is C25H26F3N3O4S3. The molecule has 2 aliphatic rings. The highest BCUT2D eigenvalue weighted by atomic mass is 32.2. The van der Waals surface area contributed by atoms with Gasteiger partial charge in [-0.25, -0.2) is 13.9 Å². The van der Waals surface area contributed by atoms with Crippen LogP contribution >= 0.6 is 23.5 Å². The lowest BCUT2D eigenvalue weighted by Gasteiger charge is -2.43. The van der Waals surface area contributed by atoms with Crippen LogP contribution in [0.25, 0.3) is 6.08 Å². The minimum Gasteiger partial charge on any atom is -0.289 e. The summed E-state index contributed by atoms with van der Waals surface area (Å²) >= 11 is 2.88. The van der Waals surface area contributed by atoms with E-state index in [2.05, 4.69) is 4.98 Å². The monoisotopic (exact) mass is 585 g/mol. The maximum absolute atomic E-state index is 13.4. The van der Waals surface area contributed by atoms with Gasteiger partial charge in [0.2, 0.25) is 10.0 Å². The van der Waals surface area contributed by atoms with Gasteiger partial charge in [0, 0.05) is 33.9 Å². The van der Waals surface area contributed by atoms with E-state index in [-0.39, 0.29) is 17.1 Å². The van der Waals surface area contributed by atoms with Crippen LogP contribution in [0, 0.1) is 0 Å². The summed E-state index contributed by atoms with van der Waals surface area (Å²) in [6.07, 6.45) is 0.909. The Hall–Kier alpha value is -2.32. The van der Waals surface area contributed by atoms with Crippen LogP contribution in [0.5, 0.6) is 0 Å². The Labute approximate surface area is 227 Å². The number of alkyl halides is 3. The Bertz CT molecular complexity index is 1370. The van der Waals surface area contributed by atoms with Gasteiger partial charge in [0.1, 0.15) is 6.04 Å². The zero-order valence-corrected chi connectivity index (χ0v) is 23.0. The van der Waals surface area contributed by atoms with Crippen LogP contribution in [0.3, 0.4) is 0 Å². The summed E-state index contributed by atoms with van der Waals surface area (Å²) in [5.74, 6) is 0.169. The van der Waals surface area contributed by atoms with Crippen molar-refractivity contribution in [2.24, 2.45) is 0 Å².